The van der Waals surface area contributed by atoms with Crippen molar-refractivity contribution in [3.8, 4) is 5.75 Å². The monoisotopic (exact) mass is 534 g/mol. The third-order valence-electron chi connectivity index (χ3n) is 4.93. The Balaban J connectivity index is 1.47. The van der Waals surface area contributed by atoms with Crippen molar-refractivity contribution < 1.29 is 9.53 Å². The number of nitrogens with zero attached hydrogens (tertiary/aromatic N) is 3. The minimum absolute atomic E-state index is 0.138. The standard InChI is InChI=1S/C27H24Cl2N6O2/c1-17-14-18(2)31-25(30-17)34-26(35-27(36)33-23-5-3-4-21(29)15-23)32-22-10-12-24(13-11-22)37-16-19-6-8-20(28)9-7-19/h3-15H,16H2,1-2H3,(H3,30,31,32,33,34,35,36). The molecule has 37 heavy (non-hydrogen) atoms. The Kier molecular flexibility index (Phi) is 8.56. The number of rotatable bonds is 6. The van der Waals surface area contributed by atoms with E-state index in [4.69, 9.17) is 27.9 Å². The number of amides is 2. The zero-order valence-corrected chi connectivity index (χ0v) is 21.6. The highest BCUT2D eigenvalue weighted by Crippen LogP contribution is 2.19. The van der Waals surface area contributed by atoms with Crippen LogP contribution in [0, 0.1) is 13.8 Å². The maximum absolute atomic E-state index is 12.7. The van der Waals surface area contributed by atoms with Crippen molar-refractivity contribution in [1.82, 2.24) is 15.3 Å². The summed E-state index contributed by atoms with van der Waals surface area (Å²) in [6.07, 6.45) is 0. The quantitative estimate of drug-likeness (QED) is 0.184. The Hall–Kier alpha value is -4.14. The van der Waals surface area contributed by atoms with Gasteiger partial charge in [-0.25, -0.2) is 14.8 Å². The first-order valence-electron chi connectivity index (χ1n) is 11.3. The predicted octanol–water partition coefficient (Wildman–Crippen LogP) is 6.90. The topological polar surface area (TPSA) is 101 Å². The number of aliphatic imine (C=N–C) groups is 1. The van der Waals surface area contributed by atoms with E-state index in [1.165, 1.54) is 0 Å². The van der Waals surface area contributed by atoms with E-state index >= 15 is 0 Å². The summed E-state index contributed by atoms with van der Waals surface area (Å²) >= 11 is 11.9. The van der Waals surface area contributed by atoms with E-state index in [-0.39, 0.29) is 11.9 Å². The molecule has 2 amide bonds. The molecule has 8 nitrogen and oxygen atoms in total. The van der Waals surface area contributed by atoms with E-state index in [9.17, 15) is 4.79 Å². The minimum Gasteiger partial charge on any atom is -0.489 e. The van der Waals surface area contributed by atoms with Crippen molar-refractivity contribution >= 4 is 52.5 Å². The fourth-order valence-electron chi connectivity index (χ4n) is 3.30. The van der Waals surface area contributed by atoms with Gasteiger partial charge in [0.15, 0.2) is 0 Å². The summed E-state index contributed by atoms with van der Waals surface area (Å²) in [6, 6.07) is 22.9. The second-order valence-corrected chi connectivity index (χ2v) is 8.94. The first kappa shape index (κ1) is 25.9. The van der Waals surface area contributed by atoms with Crippen LogP contribution < -0.4 is 20.7 Å². The number of carbonyl (C=O) groups is 1. The summed E-state index contributed by atoms with van der Waals surface area (Å²) in [5.74, 6) is 1.04. The maximum Gasteiger partial charge on any atom is 0.326 e. The molecule has 0 atom stereocenters. The largest absolute Gasteiger partial charge is 0.489 e. The van der Waals surface area contributed by atoms with E-state index in [0.717, 1.165) is 17.0 Å². The Morgan fingerprint density at radius 1 is 0.838 bits per heavy atom. The van der Waals surface area contributed by atoms with Gasteiger partial charge < -0.3 is 15.4 Å². The SMILES string of the molecule is Cc1cc(C)nc(N=C(NC(=O)Nc2cccc(Cl)c2)Nc2ccc(OCc3ccc(Cl)cc3)cc2)n1. The van der Waals surface area contributed by atoms with Crippen LogP contribution in [0.15, 0.2) is 83.9 Å². The second kappa shape index (κ2) is 12.2. The van der Waals surface area contributed by atoms with Crippen molar-refractivity contribution in [2.75, 3.05) is 10.6 Å². The number of urea groups is 1. The Morgan fingerprint density at radius 3 is 2.22 bits per heavy atom. The second-order valence-electron chi connectivity index (χ2n) is 8.07. The van der Waals surface area contributed by atoms with Gasteiger partial charge in [-0.3, -0.25) is 5.32 Å². The van der Waals surface area contributed by atoms with Crippen molar-refractivity contribution in [3.63, 3.8) is 0 Å². The number of benzene rings is 3. The summed E-state index contributed by atoms with van der Waals surface area (Å²) in [5.41, 5.74) is 3.73. The van der Waals surface area contributed by atoms with Crippen molar-refractivity contribution in [2.45, 2.75) is 20.5 Å². The highest BCUT2D eigenvalue weighted by Gasteiger charge is 2.10. The molecule has 4 aromatic rings. The lowest BCUT2D eigenvalue weighted by Crippen LogP contribution is -2.38. The van der Waals surface area contributed by atoms with Gasteiger partial charge in [0.25, 0.3) is 5.95 Å². The summed E-state index contributed by atoms with van der Waals surface area (Å²) < 4.78 is 5.84. The fourth-order valence-corrected chi connectivity index (χ4v) is 3.62. The van der Waals surface area contributed by atoms with Crippen LogP contribution in [-0.4, -0.2) is 22.0 Å². The van der Waals surface area contributed by atoms with Crippen molar-refractivity contribution in [1.29, 1.82) is 0 Å². The van der Waals surface area contributed by atoms with Crippen LogP contribution in [0.25, 0.3) is 0 Å². The number of guanidine groups is 1. The van der Waals surface area contributed by atoms with E-state index in [2.05, 4.69) is 30.9 Å². The Morgan fingerprint density at radius 2 is 1.54 bits per heavy atom. The first-order valence-corrected chi connectivity index (χ1v) is 12.1. The van der Waals surface area contributed by atoms with Gasteiger partial charge in [-0.05, 0) is 80.1 Å². The molecule has 0 bridgehead atoms. The van der Waals surface area contributed by atoms with Crippen LogP contribution in [0.1, 0.15) is 17.0 Å². The summed E-state index contributed by atoms with van der Waals surface area (Å²) in [6.45, 7) is 4.11. The van der Waals surface area contributed by atoms with Gasteiger partial charge >= 0.3 is 6.03 Å². The normalized spacial score (nSPS) is 11.1. The fraction of sp³-hybridized carbons (Fsp3) is 0.111. The lowest BCUT2D eigenvalue weighted by atomic mass is 10.2. The number of ether oxygens (including phenoxy) is 1. The molecule has 188 valence electrons. The molecule has 0 fully saturated rings. The number of carbonyl (C=O) groups excluding carboxylic acids is 1. The number of aromatic nitrogens is 2. The lowest BCUT2D eigenvalue weighted by Gasteiger charge is -2.13. The molecule has 0 radical (unpaired) electrons. The zero-order chi connectivity index (χ0) is 26.2. The highest BCUT2D eigenvalue weighted by molar-refractivity contribution is 6.31. The summed E-state index contributed by atoms with van der Waals surface area (Å²) in [4.78, 5) is 25.8. The average molecular weight is 535 g/mol. The molecule has 0 saturated heterocycles. The Labute approximate surface area is 224 Å². The number of hydrogen-bond donors (Lipinski definition) is 3. The molecule has 10 heteroatoms. The van der Waals surface area contributed by atoms with Crippen molar-refractivity contribution in [3.05, 3.63) is 106 Å². The van der Waals surface area contributed by atoms with Crippen LogP contribution in [0.5, 0.6) is 5.75 Å². The van der Waals surface area contributed by atoms with Crippen LogP contribution in [0.2, 0.25) is 10.0 Å². The zero-order valence-electron chi connectivity index (χ0n) is 20.1. The molecule has 4 rings (SSSR count). The number of hydrogen-bond acceptors (Lipinski definition) is 5. The van der Waals surface area contributed by atoms with Gasteiger partial charge in [-0.15, -0.1) is 0 Å². The molecular formula is C27H24Cl2N6O2. The van der Waals surface area contributed by atoms with Gasteiger partial charge in [-0.1, -0.05) is 41.4 Å². The Bertz CT molecular complexity index is 1390. The van der Waals surface area contributed by atoms with Crippen LogP contribution in [-0.2, 0) is 6.61 Å². The molecular weight excluding hydrogens is 511 g/mol. The predicted molar refractivity (Wildman–Crippen MR) is 148 cm³/mol. The lowest BCUT2D eigenvalue weighted by molar-refractivity contribution is 0.256. The van der Waals surface area contributed by atoms with Gasteiger partial charge in [0.05, 0.1) is 0 Å². The summed E-state index contributed by atoms with van der Waals surface area (Å²) in [5, 5.41) is 9.73. The molecule has 0 saturated carbocycles. The van der Waals surface area contributed by atoms with Crippen molar-refractivity contribution in [2.24, 2.45) is 4.99 Å². The molecule has 1 aromatic heterocycles. The number of anilines is 2. The molecule has 0 aliphatic heterocycles. The third-order valence-corrected chi connectivity index (χ3v) is 5.42. The molecule has 3 N–H and O–H groups in total. The third kappa shape index (κ3) is 8.20. The van der Waals surface area contributed by atoms with E-state index < -0.39 is 6.03 Å². The van der Waals surface area contributed by atoms with Crippen LogP contribution in [0.4, 0.5) is 22.1 Å². The smallest absolute Gasteiger partial charge is 0.326 e. The van der Waals surface area contributed by atoms with E-state index in [1.54, 1.807) is 24.3 Å². The van der Waals surface area contributed by atoms with E-state index in [1.807, 2.05) is 68.4 Å². The molecule has 0 aliphatic carbocycles. The molecule has 3 aromatic carbocycles. The molecule has 1 heterocycles. The van der Waals surface area contributed by atoms with Gasteiger partial charge in [0.2, 0.25) is 5.96 Å². The van der Waals surface area contributed by atoms with Crippen LogP contribution >= 0.6 is 23.2 Å². The minimum atomic E-state index is -0.513. The molecule has 0 spiro atoms. The number of nitrogens with one attached hydrogen (secondary N) is 3. The summed E-state index contributed by atoms with van der Waals surface area (Å²) in [7, 11) is 0. The highest BCUT2D eigenvalue weighted by atomic mass is 35.5. The van der Waals surface area contributed by atoms with Crippen LogP contribution in [0.3, 0.4) is 0 Å². The van der Waals surface area contributed by atoms with Gasteiger partial charge in [0, 0.05) is 32.8 Å². The molecule has 0 aliphatic rings. The number of halogens is 2. The van der Waals surface area contributed by atoms with Gasteiger partial charge in [-0.2, -0.15) is 4.99 Å². The maximum atomic E-state index is 12.7. The number of aryl methyl sites for hydroxylation is 2. The first-order chi connectivity index (χ1) is 17.8. The average Bonchev–Trinajstić information content (AvgIpc) is 2.84. The molecule has 0 unspecified atom stereocenters. The van der Waals surface area contributed by atoms with E-state index in [0.29, 0.717) is 33.8 Å². The van der Waals surface area contributed by atoms with Gasteiger partial charge in [0.1, 0.15) is 12.4 Å².